The molecule has 106 valence electrons. The lowest BCUT2D eigenvalue weighted by molar-refractivity contribution is -0.143. The van der Waals surface area contributed by atoms with Crippen molar-refractivity contribution >= 4 is 27.4 Å². The molecule has 0 aliphatic carbocycles. The van der Waals surface area contributed by atoms with Crippen molar-refractivity contribution in [3.63, 3.8) is 0 Å². The van der Waals surface area contributed by atoms with E-state index in [1.54, 1.807) is 6.92 Å². The molecule has 2 aliphatic rings. The SMILES string of the molecule is CC1CS(=O)(=O)CCN1C(=O)C1CC(C(=O)O)=NO1. The van der Waals surface area contributed by atoms with Gasteiger partial charge in [-0.1, -0.05) is 5.16 Å². The average molecular weight is 290 g/mol. The Labute approximate surface area is 109 Å². The summed E-state index contributed by atoms with van der Waals surface area (Å²) in [5.41, 5.74) is -0.198. The molecule has 8 nitrogen and oxygen atoms in total. The molecule has 0 spiro atoms. The van der Waals surface area contributed by atoms with Gasteiger partial charge in [-0.2, -0.15) is 0 Å². The van der Waals surface area contributed by atoms with Crippen LogP contribution >= 0.6 is 0 Å². The Morgan fingerprint density at radius 3 is 2.68 bits per heavy atom. The summed E-state index contributed by atoms with van der Waals surface area (Å²) >= 11 is 0. The van der Waals surface area contributed by atoms with Gasteiger partial charge in [0.05, 0.1) is 11.5 Å². The van der Waals surface area contributed by atoms with E-state index in [2.05, 4.69) is 5.16 Å². The van der Waals surface area contributed by atoms with Crippen molar-refractivity contribution in [2.45, 2.75) is 25.5 Å². The summed E-state index contributed by atoms with van der Waals surface area (Å²) in [6.45, 7) is 1.74. The number of rotatable bonds is 2. The van der Waals surface area contributed by atoms with Crippen LogP contribution in [0, 0.1) is 0 Å². The van der Waals surface area contributed by atoms with Gasteiger partial charge in [0.15, 0.2) is 15.5 Å². The number of carbonyl (C=O) groups excluding carboxylic acids is 1. The van der Waals surface area contributed by atoms with Gasteiger partial charge in [-0.25, -0.2) is 13.2 Å². The highest BCUT2D eigenvalue weighted by Crippen LogP contribution is 2.18. The van der Waals surface area contributed by atoms with Gasteiger partial charge >= 0.3 is 5.97 Å². The Morgan fingerprint density at radius 1 is 1.47 bits per heavy atom. The monoisotopic (exact) mass is 290 g/mol. The largest absolute Gasteiger partial charge is 0.477 e. The molecule has 2 aliphatic heterocycles. The zero-order chi connectivity index (χ0) is 14.2. The van der Waals surface area contributed by atoms with Crippen LogP contribution in [-0.2, 0) is 24.3 Å². The average Bonchev–Trinajstić information content (AvgIpc) is 2.76. The van der Waals surface area contributed by atoms with E-state index in [9.17, 15) is 18.0 Å². The van der Waals surface area contributed by atoms with E-state index in [1.807, 2.05) is 0 Å². The van der Waals surface area contributed by atoms with Gasteiger partial charge in [-0.3, -0.25) is 4.79 Å². The van der Waals surface area contributed by atoms with Crippen LogP contribution in [0.1, 0.15) is 13.3 Å². The van der Waals surface area contributed by atoms with Crippen molar-refractivity contribution in [2.24, 2.45) is 5.16 Å². The zero-order valence-corrected chi connectivity index (χ0v) is 11.1. The highest BCUT2D eigenvalue weighted by atomic mass is 32.2. The van der Waals surface area contributed by atoms with Crippen molar-refractivity contribution < 1.29 is 28.0 Å². The summed E-state index contributed by atoms with van der Waals surface area (Å²) in [6, 6.07) is -0.441. The first-order valence-corrected chi connectivity index (χ1v) is 7.59. The fraction of sp³-hybridized carbons (Fsp3) is 0.700. The molecular formula is C10H14N2O6S. The van der Waals surface area contributed by atoms with Crippen LogP contribution in [0.3, 0.4) is 0 Å². The Morgan fingerprint density at radius 2 is 2.16 bits per heavy atom. The molecule has 0 aromatic rings. The number of carbonyl (C=O) groups is 2. The van der Waals surface area contributed by atoms with E-state index >= 15 is 0 Å². The smallest absolute Gasteiger partial charge is 0.353 e. The molecular weight excluding hydrogens is 276 g/mol. The van der Waals surface area contributed by atoms with Gasteiger partial charge in [0.2, 0.25) is 6.10 Å². The molecule has 2 heterocycles. The summed E-state index contributed by atoms with van der Waals surface area (Å²) in [6.07, 6.45) is -1.06. The van der Waals surface area contributed by atoms with E-state index < -0.39 is 33.9 Å². The van der Waals surface area contributed by atoms with Crippen LogP contribution in [0.25, 0.3) is 0 Å². The molecule has 1 N–H and O–H groups in total. The summed E-state index contributed by atoms with van der Waals surface area (Å²) in [5.74, 6) is -1.80. The normalized spacial score (nSPS) is 29.5. The van der Waals surface area contributed by atoms with Gasteiger partial charge in [0.1, 0.15) is 0 Å². The van der Waals surface area contributed by atoms with Crippen LogP contribution in [-0.4, -0.2) is 66.2 Å². The van der Waals surface area contributed by atoms with Gasteiger partial charge in [-0.15, -0.1) is 0 Å². The highest BCUT2D eigenvalue weighted by molar-refractivity contribution is 7.91. The molecule has 2 rings (SSSR count). The number of amides is 1. The maximum absolute atomic E-state index is 12.1. The van der Waals surface area contributed by atoms with Crippen molar-refractivity contribution in [3.05, 3.63) is 0 Å². The van der Waals surface area contributed by atoms with Crippen LogP contribution in [0.15, 0.2) is 5.16 Å². The van der Waals surface area contributed by atoms with Crippen LogP contribution in [0.4, 0.5) is 0 Å². The molecule has 2 atom stereocenters. The molecule has 0 aromatic carbocycles. The molecule has 19 heavy (non-hydrogen) atoms. The first kappa shape index (κ1) is 13.8. The van der Waals surface area contributed by atoms with Crippen molar-refractivity contribution in [1.29, 1.82) is 0 Å². The van der Waals surface area contributed by atoms with E-state index in [4.69, 9.17) is 9.94 Å². The van der Waals surface area contributed by atoms with E-state index in [0.29, 0.717) is 0 Å². The molecule has 1 saturated heterocycles. The maximum Gasteiger partial charge on any atom is 0.353 e. The molecule has 0 bridgehead atoms. The number of sulfone groups is 1. The quantitative estimate of drug-likeness (QED) is 0.688. The minimum Gasteiger partial charge on any atom is -0.477 e. The predicted octanol–water partition coefficient (Wildman–Crippen LogP) is -1.14. The van der Waals surface area contributed by atoms with Crippen LogP contribution in [0.2, 0.25) is 0 Å². The lowest BCUT2D eigenvalue weighted by atomic mass is 10.1. The molecule has 0 saturated carbocycles. The summed E-state index contributed by atoms with van der Waals surface area (Å²) in [5, 5.41) is 12.1. The maximum atomic E-state index is 12.1. The minimum atomic E-state index is -3.10. The van der Waals surface area contributed by atoms with E-state index in [1.165, 1.54) is 4.90 Å². The standard InChI is InChI=1S/C10H14N2O6S/c1-6-5-19(16,17)3-2-12(6)9(13)8-4-7(10(14)15)11-18-8/h6,8H,2-5H2,1H3,(H,14,15). The lowest BCUT2D eigenvalue weighted by Gasteiger charge is -2.34. The fourth-order valence-electron chi connectivity index (χ4n) is 2.15. The molecule has 0 aromatic heterocycles. The number of carboxylic acid groups (broad SMARTS) is 1. The second kappa shape index (κ2) is 4.80. The first-order chi connectivity index (χ1) is 8.80. The van der Waals surface area contributed by atoms with Gasteiger partial charge in [0, 0.05) is 19.0 Å². The summed E-state index contributed by atoms with van der Waals surface area (Å²) < 4.78 is 22.8. The molecule has 1 amide bonds. The molecule has 9 heteroatoms. The number of hydrogen-bond acceptors (Lipinski definition) is 6. The Bertz CT molecular complexity index is 540. The highest BCUT2D eigenvalue weighted by Gasteiger charge is 2.39. The third-order valence-corrected chi connectivity index (χ3v) is 4.94. The van der Waals surface area contributed by atoms with Crippen molar-refractivity contribution in [2.75, 3.05) is 18.1 Å². The number of carboxylic acids is 1. The third kappa shape index (κ3) is 2.86. The van der Waals surface area contributed by atoms with Gasteiger partial charge in [0.25, 0.3) is 5.91 Å². The van der Waals surface area contributed by atoms with Gasteiger partial charge < -0.3 is 14.8 Å². The van der Waals surface area contributed by atoms with Crippen molar-refractivity contribution in [1.82, 2.24) is 4.90 Å². The minimum absolute atomic E-state index is 0.0809. The molecule has 0 radical (unpaired) electrons. The topological polar surface area (TPSA) is 113 Å². The van der Waals surface area contributed by atoms with Crippen LogP contribution in [0.5, 0.6) is 0 Å². The summed E-state index contributed by atoms with van der Waals surface area (Å²) in [4.78, 5) is 29.0. The Kier molecular flexibility index (Phi) is 3.48. The van der Waals surface area contributed by atoms with Crippen molar-refractivity contribution in [3.8, 4) is 0 Å². The Hall–Kier alpha value is -1.64. The molecule has 2 unspecified atom stereocenters. The summed E-state index contributed by atoms with van der Waals surface area (Å²) in [7, 11) is -3.10. The third-order valence-electron chi connectivity index (χ3n) is 3.14. The number of aliphatic carboxylic acids is 1. The van der Waals surface area contributed by atoms with Gasteiger partial charge in [-0.05, 0) is 6.92 Å². The second-order valence-electron chi connectivity index (χ2n) is 4.64. The zero-order valence-electron chi connectivity index (χ0n) is 10.3. The predicted molar refractivity (Wildman–Crippen MR) is 64.4 cm³/mol. The van der Waals surface area contributed by atoms with E-state index in [0.717, 1.165) is 0 Å². The second-order valence-corrected chi connectivity index (χ2v) is 6.87. The Balaban J connectivity index is 2.01. The number of oxime groups is 1. The van der Waals surface area contributed by atoms with E-state index in [-0.39, 0.29) is 30.2 Å². The lowest BCUT2D eigenvalue weighted by Crippen LogP contribution is -2.52. The first-order valence-electron chi connectivity index (χ1n) is 5.77. The number of nitrogens with zero attached hydrogens (tertiary/aromatic N) is 2. The molecule has 1 fully saturated rings. The van der Waals surface area contributed by atoms with Crippen LogP contribution < -0.4 is 0 Å². The number of hydrogen-bond donors (Lipinski definition) is 1. The fourth-order valence-corrected chi connectivity index (χ4v) is 3.70.